The third-order valence-electron chi connectivity index (χ3n) is 4.23. The minimum Gasteiger partial charge on any atom is -0.465 e. The van der Waals surface area contributed by atoms with E-state index >= 15 is 0 Å². The first kappa shape index (κ1) is 25.7. The lowest BCUT2D eigenvalue weighted by molar-refractivity contribution is -0.147. The molecule has 0 radical (unpaired) electrons. The van der Waals surface area contributed by atoms with Crippen LogP contribution in [0.4, 0.5) is 10.5 Å². The molecule has 1 aromatic carbocycles. The van der Waals surface area contributed by atoms with Gasteiger partial charge in [0.05, 0.1) is 19.6 Å². The first-order chi connectivity index (χ1) is 14.5. The molecule has 1 unspecified atom stereocenters. The molecule has 0 aliphatic heterocycles. The number of hydrogen-bond acceptors (Lipinski definition) is 7. The zero-order chi connectivity index (χ0) is 23.6. The normalized spacial score (nSPS) is 12.4. The summed E-state index contributed by atoms with van der Waals surface area (Å²) in [6, 6.07) is 8.39. The molecule has 0 aromatic heterocycles. The minimum absolute atomic E-state index is 0.0188. The lowest BCUT2D eigenvalue weighted by atomic mass is 10.1. The number of esters is 2. The predicted molar refractivity (Wildman–Crippen MR) is 116 cm³/mol. The van der Waals surface area contributed by atoms with Gasteiger partial charge in [0, 0.05) is 5.69 Å². The quantitative estimate of drug-likeness (QED) is 0.264. The van der Waals surface area contributed by atoms with Crippen molar-refractivity contribution in [3.8, 4) is 6.07 Å². The summed E-state index contributed by atoms with van der Waals surface area (Å²) in [5.41, 5.74) is 0.255. The molecule has 0 bridgehead atoms. The highest BCUT2D eigenvalue weighted by Crippen LogP contribution is 2.20. The lowest BCUT2D eigenvalue weighted by Gasteiger charge is -2.27. The van der Waals surface area contributed by atoms with Gasteiger partial charge in [-0.05, 0) is 51.0 Å². The Balaban J connectivity index is 3.05. The number of carbonyl (C=O) groups is 3. The Bertz CT molecular complexity index is 846. The molecule has 1 atom stereocenters. The van der Waals surface area contributed by atoms with E-state index in [-0.39, 0.29) is 30.6 Å². The first-order valence-electron chi connectivity index (χ1n) is 9.99. The van der Waals surface area contributed by atoms with Crippen molar-refractivity contribution in [1.29, 1.82) is 5.26 Å². The summed E-state index contributed by atoms with van der Waals surface area (Å²) in [4.78, 5) is 37.6. The van der Waals surface area contributed by atoms with Gasteiger partial charge in [0.2, 0.25) is 0 Å². The van der Waals surface area contributed by atoms with E-state index in [1.165, 1.54) is 18.1 Å². The number of hydrogen-bond donors (Lipinski definition) is 0. The van der Waals surface area contributed by atoms with Crippen molar-refractivity contribution < 1.29 is 28.6 Å². The van der Waals surface area contributed by atoms with Gasteiger partial charge in [-0.1, -0.05) is 26.0 Å². The molecule has 0 spiro atoms. The number of carbonyl (C=O) groups excluding carboxylic acids is 3. The van der Waals surface area contributed by atoms with Gasteiger partial charge in [-0.25, -0.2) is 9.59 Å². The van der Waals surface area contributed by atoms with E-state index < -0.39 is 17.7 Å². The third kappa shape index (κ3) is 8.51. The van der Waals surface area contributed by atoms with E-state index in [2.05, 4.69) is 4.74 Å². The van der Waals surface area contributed by atoms with Crippen LogP contribution in [0.2, 0.25) is 0 Å². The van der Waals surface area contributed by atoms with Crippen LogP contribution in [0.25, 0.3) is 6.08 Å². The van der Waals surface area contributed by atoms with Crippen LogP contribution in [0.15, 0.2) is 29.8 Å². The second-order valence-electron chi connectivity index (χ2n) is 7.86. The molecule has 1 aromatic rings. The van der Waals surface area contributed by atoms with E-state index in [1.807, 2.05) is 6.92 Å². The average Bonchev–Trinajstić information content (AvgIpc) is 2.72. The Morgan fingerprint density at radius 1 is 1.19 bits per heavy atom. The van der Waals surface area contributed by atoms with Crippen LogP contribution in [0.5, 0.6) is 0 Å². The van der Waals surface area contributed by atoms with Crippen molar-refractivity contribution in [2.45, 2.75) is 46.6 Å². The van der Waals surface area contributed by atoms with Crippen LogP contribution in [-0.4, -0.2) is 43.9 Å². The summed E-state index contributed by atoms with van der Waals surface area (Å²) in [5.74, 6) is -1.27. The van der Waals surface area contributed by atoms with Crippen molar-refractivity contribution in [3.05, 3.63) is 35.4 Å². The van der Waals surface area contributed by atoms with Crippen LogP contribution in [0, 0.1) is 17.2 Å². The molecule has 0 N–H and O–H groups in total. The molecule has 1 rings (SSSR count). The minimum atomic E-state index is -0.731. The molecule has 8 heteroatoms. The fraction of sp³-hybridized carbons (Fsp3) is 0.478. The van der Waals surface area contributed by atoms with Crippen molar-refractivity contribution in [2.75, 3.05) is 25.2 Å². The molecule has 1 amide bonds. The number of amides is 1. The largest absolute Gasteiger partial charge is 0.465 e. The highest BCUT2D eigenvalue weighted by molar-refractivity contribution is 5.98. The van der Waals surface area contributed by atoms with Gasteiger partial charge in [0.1, 0.15) is 23.9 Å². The number of benzene rings is 1. The Hall–Kier alpha value is -3.34. The van der Waals surface area contributed by atoms with Crippen molar-refractivity contribution in [2.24, 2.45) is 5.92 Å². The number of rotatable bonds is 8. The Morgan fingerprint density at radius 3 is 2.29 bits per heavy atom. The lowest BCUT2D eigenvalue weighted by Crippen LogP contribution is -2.39. The van der Waals surface area contributed by atoms with Gasteiger partial charge in [0.15, 0.2) is 0 Å². The van der Waals surface area contributed by atoms with Crippen molar-refractivity contribution in [1.82, 2.24) is 0 Å². The number of ether oxygens (including phenoxy) is 3. The van der Waals surface area contributed by atoms with Gasteiger partial charge in [0.25, 0.3) is 0 Å². The molecule has 0 aliphatic carbocycles. The van der Waals surface area contributed by atoms with Gasteiger partial charge < -0.3 is 14.2 Å². The van der Waals surface area contributed by atoms with Crippen molar-refractivity contribution in [3.63, 3.8) is 0 Å². The summed E-state index contributed by atoms with van der Waals surface area (Å²) in [7, 11) is 1.20. The monoisotopic (exact) mass is 430 g/mol. The standard InChI is InChI=1S/C23H30N2O6/c1-7-16(2)20(26)30-13-12-25(22(28)31-23(3,4)5)19-10-8-17(9-11-19)14-18(15-24)21(27)29-6/h8-11,14,16H,7,12-13H2,1-6H3/b18-14-. The number of nitriles is 1. The molecular formula is C23H30N2O6. The van der Waals surface area contributed by atoms with Crippen LogP contribution < -0.4 is 4.90 Å². The Morgan fingerprint density at radius 2 is 1.81 bits per heavy atom. The molecule has 0 aliphatic rings. The summed E-state index contributed by atoms with van der Waals surface area (Å²) in [6.07, 6.45) is 1.48. The van der Waals surface area contributed by atoms with E-state index in [0.717, 1.165) is 0 Å². The molecule has 8 nitrogen and oxygen atoms in total. The SMILES string of the molecule is CCC(C)C(=O)OCCN(C(=O)OC(C)(C)C)c1ccc(/C=C(/C#N)C(=O)OC)cc1. The molecular weight excluding hydrogens is 400 g/mol. The first-order valence-corrected chi connectivity index (χ1v) is 9.99. The maximum atomic E-state index is 12.7. The maximum Gasteiger partial charge on any atom is 0.414 e. The highest BCUT2D eigenvalue weighted by atomic mass is 16.6. The van der Waals surface area contributed by atoms with Gasteiger partial charge in [-0.3, -0.25) is 9.69 Å². The number of methoxy groups -OCH3 is 1. The van der Waals surface area contributed by atoms with Crippen molar-refractivity contribution >= 4 is 29.8 Å². The zero-order valence-corrected chi connectivity index (χ0v) is 18.9. The van der Waals surface area contributed by atoms with E-state index in [1.54, 1.807) is 58.0 Å². The second kappa shape index (κ2) is 11.7. The van der Waals surface area contributed by atoms with E-state index in [9.17, 15) is 14.4 Å². The molecule has 0 saturated heterocycles. The van der Waals surface area contributed by atoms with Gasteiger partial charge >= 0.3 is 18.0 Å². The molecule has 31 heavy (non-hydrogen) atoms. The topological polar surface area (TPSA) is 106 Å². The van der Waals surface area contributed by atoms with E-state index in [0.29, 0.717) is 17.7 Å². The molecule has 0 heterocycles. The smallest absolute Gasteiger partial charge is 0.414 e. The number of anilines is 1. The second-order valence-corrected chi connectivity index (χ2v) is 7.86. The predicted octanol–water partition coefficient (Wildman–Crippen LogP) is 4.10. The summed E-state index contributed by atoms with van der Waals surface area (Å²) in [5, 5.41) is 9.08. The molecule has 0 saturated carbocycles. The van der Waals surface area contributed by atoms with Crippen LogP contribution in [0.1, 0.15) is 46.6 Å². The molecule has 0 fully saturated rings. The van der Waals surface area contributed by atoms with Crippen LogP contribution in [-0.2, 0) is 23.8 Å². The Kier molecular flexibility index (Phi) is 9.74. The van der Waals surface area contributed by atoms with Crippen LogP contribution >= 0.6 is 0 Å². The maximum absolute atomic E-state index is 12.7. The number of nitrogens with zero attached hydrogens (tertiary/aromatic N) is 2. The summed E-state index contributed by atoms with van der Waals surface area (Å²) < 4.78 is 15.3. The average molecular weight is 431 g/mol. The fourth-order valence-corrected chi connectivity index (χ4v) is 2.35. The fourth-order valence-electron chi connectivity index (χ4n) is 2.35. The summed E-state index contributed by atoms with van der Waals surface area (Å²) in [6.45, 7) is 9.09. The van der Waals surface area contributed by atoms with Crippen LogP contribution in [0.3, 0.4) is 0 Å². The zero-order valence-electron chi connectivity index (χ0n) is 18.9. The van der Waals surface area contributed by atoms with Gasteiger partial charge in [-0.15, -0.1) is 0 Å². The molecule has 168 valence electrons. The van der Waals surface area contributed by atoms with Gasteiger partial charge in [-0.2, -0.15) is 5.26 Å². The van der Waals surface area contributed by atoms with E-state index in [4.69, 9.17) is 14.7 Å². The highest BCUT2D eigenvalue weighted by Gasteiger charge is 2.24. The third-order valence-corrected chi connectivity index (χ3v) is 4.23. The Labute approximate surface area is 183 Å². The summed E-state index contributed by atoms with van der Waals surface area (Å²) >= 11 is 0.